The highest BCUT2D eigenvalue weighted by Gasteiger charge is 2.57. The van der Waals surface area contributed by atoms with E-state index in [1.54, 1.807) is 12.1 Å². The summed E-state index contributed by atoms with van der Waals surface area (Å²) in [6, 6.07) is 5.13. The number of nitrogens with zero attached hydrogens (tertiary/aromatic N) is 1. The van der Waals surface area contributed by atoms with E-state index in [1.165, 1.54) is 19.1 Å². The Balaban J connectivity index is 1.81. The molecule has 2 amide bonds. The first-order valence-corrected chi connectivity index (χ1v) is 7.81. The minimum atomic E-state index is -4.74. The van der Waals surface area contributed by atoms with Gasteiger partial charge in [-0.05, 0) is 24.6 Å². The highest BCUT2D eigenvalue weighted by Crippen LogP contribution is 2.47. The Morgan fingerprint density at radius 3 is 2.32 bits per heavy atom. The van der Waals surface area contributed by atoms with Gasteiger partial charge < -0.3 is 9.47 Å². The fourth-order valence-electron chi connectivity index (χ4n) is 3.75. The number of ether oxygens (including phenoxy) is 2. The molecule has 1 aromatic rings. The predicted molar refractivity (Wildman–Crippen MR) is 78.4 cm³/mol. The van der Waals surface area contributed by atoms with Gasteiger partial charge in [-0.2, -0.15) is 13.2 Å². The van der Waals surface area contributed by atoms with Crippen LogP contribution >= 0.6 is 0 Å². The van der Waals surface area contributed by atoms with Gasteiger partial charge in [-0.3, -0.25) is 14.5 Å². The molecule has 1 fully saturated rings. The fraction of sp³-hybridized carbons (Fsp3) is 0.412. The molecule has 0 aliphatic carbocycles. The molecule has 8 heteroatoms. The molecule has 0 spiro atoms. The van der Waals surface area contributed by atoms with Gasteiger partial charge in [0.2, 0.25) is 11.5 Å². The molecule has 132 valence electrons. The van der Waals surface area contributed by atoms with E-state index in [-0.39, 0.29) is 17.7 Å². The van der Waals surface area contributed by atoms with E-state index in [0.29, 0.717) is 6.42 Å². The third-order valence-corrected chi connectivity index (χ3v) is 4.94. The van der Waals surface area contributed by atoms with Crippen molar-refractivity contribution in [3.63, 3.8) is 0 Å². The Labute approximate surface area is 141 Å². The third-order valence-electron chi connectivity index (χ3n) is 4.94. The number of benzene rings is 1. The topological polar surface area (TPSA) is 55.8 Å². The monoisotopic (exact) mass is 353 g/mol. The lowest BCUT2D eigenvalue weighted by Crippen LogP contribution is -2.54. The molecule has 0 unspecified atom stereocenters. The molecule has 3 aliphatic heterocycles. The molecule has 3 heterocycles. The normalized spacial score (nSPS) is 31.5. The summed E-state index contributed by atoms with van der Waals surface area (Å²) in [5, 5.41) is 0. The maximum Gasteiger partial charge on any atom is 0.448 e. The lowest BCUT2D eigenvalue weighted by Gasteiger charge is -2.42. The van der Waals surface area contributed by atoms with Crippen LogP contribution in [0, 0.1) is 5.92 Å². The second-order valence-electron chi connectivity index (χ2n) is 6.41. The average Bonchev–Trinajstić information content (AvgIpc) is 3.05. The van der Waals surface area contributed by atoms with Crippen LogP contribution in [0.15, 0.2) is 36.1 Å². The first-order valence-electron chi connectivity index (χ1n) is 7.81. The third kappa shape index (κ3) is 2.27. The van der Waals surface area contributed by atoms with Gasteiger partial charge in [-0.1, -0.05) is 12.1 Å². The molecule has 3 atom stereocenters. The molecular weight excluding hydrogens is 339 g/mol. The lowest BCUT2D eigenvalue weighted by molar-refractivity contribution is -0.248. The smallest absolute Gasteiger partial charge is 0.448 e. The van der Waals surface area contributed by atoms with Crippen molar-refractivity contribution in [2.75, 3.05) is 6.61 Å². The molecule has 0 aromatic heterocycles. The summed E-state index contributed by atoms with van der Waals surface area (Å²) < 4.78 is 50.2. The first-order chi connectivity index (χ1) is 11.7. The van der Waals surface area contributed by atoms with Crippen molar-refractivity contribution in [1.82, 2.24) is 4.90 Å². The number of amides is 2. The lowest BCUT2D eigenvalue weighted by atomic mass is 9.87. The van der Waals surface area contributed by atoms with Gasteiger partial charge in [0.25, 0.3) is 11.8 Å². The number of hydrogen-bond acceptors (Lipinski definition) is 4. The summed E-state index contributed by atoms with van der Waals surface area (Å²) in [7, 11) is 0. The van der Waals surface area contributed by atoms with E-state index < -0.39 is 41.5 Å². The number of rotatable bonds is 1. The van der Waals surface area contributed by atoms with Crippen LogP contribution in [-0.4, -0.2) is 41.3 Å². The van der Waals surface area contributed by atoms with Gasteiger partial charge in [-0.25, -0.2) is 0 Å². The van der Waals surface area contributed by atoms with Crippen molar-refractivity contribution in [2.45, 2.75) is 31.3 Å². The van der Waals surface area contributed by atoms with Crippen molar-refractivity contribution in [2.24, 2.45) is 5.92 Å². The summed E-state index contributed by atoms with van der Waals surface area (Å²) in [6.07, 6.45) is -3.53. The number of halogens is 3. The summed E-state index contributed by atoms with van der Waals surface area (Å²) in [4.78, 5) is 26.2. The highest BCUT2D eigenvalue weighted by atomic mass is 19.4. The summed E-state index contributed by atoms with van der Waals surface area (Å²) in [5.74, 6) is -4.53. The van der Waals surface area contributed by atoms with Crippen molar-refractivity contribution in [3.05, 3.63) is 47.2 Å². The van der Waals surface area contributed by atoms with E-state index in [0.717, 1.165) is 11.0 Å². The van der Waals surface area contributed by atoms with Gasteiger partial charge in [0, 0.05) is 6.92 Å². The van der Waals surface area contributed by atoms with E-state index in [4.69, 9.17) is 9.47 Å². The Kier molecular flexibility index (Phi) is 3.28. The number of fused-ring (bicyclic) bond motifs is 2. The van der Waals surface area contributed by atoms with E-state index in [9.17, 15) is 22.8 Å². The Hall–Kier alpha value is -2.35. The Morgan fingerprint density at radius 2 is 1.76 bits per heavy atom. The standard InChI is InChI=1S/C17H14F3NO4/c1-16-11(6-7-24-16)12(8-13(25-16)17(18,19)20)21-14(22)9-4-2-3-5-10(9)15(21)23/h2-5,8,11-12H,6-7H2,1H3/t11-,12-,16+/m0/s1. The minimum Gasteiger partial charge on any atom is -0.457 e. The van der Waals surface area contributed by atoms with E-state index in [1.807, 2.05) is 0 Å². The van der Waals surface area contributed by atoms with Crippen LogP contribution in [-0.2, 0) is 9.47 Å². The van der Waals surface area contributed by atoms with Gasteiger partial charge >= 0.3 is 6.18 Å². The number of carbonyl (C=O) groups excluding carboxylic acids is 2. The summed E-state index contributed by atoms with van der Waals surface area (Å²) in [6.45, 7) is 1.61. The maximum atomic E-state index is 13.2. The second-order valence-corrected chi connectivity index (χ2v) is 6.41. The van der Waals surface area contributed by atoms with Crippen LogP contribution in [0.5, 0.6) is 0 Å². The Bertz CT molecular complexity index is 768. The van der Waals surface area contributed by atoms with Gasteiger partial charge in [0.15, 0.2) is 0 Å². The fourth-order valence-corrected chi connectivity index (χ4v) is 3.75. The van der Waals surface area contributed by atoms with Gasteiger partial charge in [-0.15, -0.1) is 0 Å². The van der Waals surface area contributed by atoms with Gasteiger partial charge in [0.1, 0.15) is 0 Å². The SMILES string of the molecule is C[C@]12OCC[C@H]1[C@@H](N1C(=O)c3ccccc3C1=O)C=C(C(F)(F)F)O2. The van der Waals surface area contributed by atoms with Crippen molar-refractivity contribution < 1.29 is 32.2 Å². The molecule has 0 radical (unpaired) electrons. The molecule has 25 heavy (non-hydrogen) atoms. The molecule has 0 bridgehead atoms. The molecule has 3 aliphatic rings. The number of imide groups is 1. The summed E-state index contributed by atoms with van der Waals surface area (Å²) >= 11 is 0. The number of carbonyl (C=O) groups is 2. The number of alkyl halides is 3. The second kappa shape index (κ2) is 5.08. The van der Waals surface area contributed by atoms with E-state index in [2.05, 4.69) is 0 Å². The zero-order chi connectivity index (χ0) is 18.0. The summed E-state index contributed by atoms with van der Waals surface area (Å²) in [5.41, 5.74) is 0.392. The molecule has 1 saturated heterocycles. The molecule has 4 rings (SSSR count). The van der Waals surface area contributed by atoms with Crippen molar-refractivity contribution >= 4 is 11.8 Å². The molecular formula is C17H14F3NO4. The Morgan fingerprint density at radius 1 is 1.16 bits per heavy atom. The van der Waals surface area contributed by atoms with Crippen LogP contribution in [0.1, 0.15) is 34.1 Å². The molecule has 0 N–H and O–H groups in total. The van der Waals surface area contributed by atoms with Crippen LogP contribution in [0.2, 0.25) is 0 Å². The molecule has 1 aromatic carbocycles. The van der Waals surface area contributed by atoms with Crippen LogP contribution in [0.3, 0.4) is 0 Å². The highest BCUT2D eigenvalue weighted by molar-refractivity contribution is 6.21. The predicted octanol–water partition coefficient (Wildman–Crippen LogP) is 2.88. The largest absolute Gasteiger partial charge is 0.457 e. The van der Waals surface area contributed by atoms with Gasteiger partial charge in [0.05, 0.1) is 29.7 Å². The molecule has 0 saturated carbocycles. The quantitative estimate of drug-likeness (QED) is 0.729. The van der Waals surface area contributed by atoms with E-state index >= 15 is 0 Å². The maximum absolute atomic E-state index is 13.2. The van der Waals surface area contributed by atoms with Crippen LogP contribution in [0.25, 0.3) is 0 Å². The number of allylic oxidation sites excluding steroid dienone is 1. The minimum absolute atomic E-state index is 0.194. The van der Waals surface area contributed by atoms with Crippen LogP contribution < -0.4 is 0 Å². The van der Waals surface area contributed by atoms with Crippen molar-refractivity contribution in [1.29, 1.82) is 0 Å². The average molecular weight is 353 g/mol. The molecule has 5 nitrogen and oxygen atoms in total. The number of hydrogen-bond donors (Lipinski definition) is 0. The first kappa shape index (κ1) is 16.1. The zero-order valence-electron chi connectivity index (χ0n) is 13.2. The van der Waals surface area contributed by atoms with Crippen molar-refractivity contribution in [3.8, 4) is 0 Å². The van der Waals surface area contributed by atoms with Crippen LogP contribution in [0.4, 0.5) is 13.2 Å². The zero-order valence-corrected chi connectivity index (χ0v) is 13.2.